The molecule has 1 atom stereocenters. The molecule has 0 radical (unpaired) electrons. The van der Waals surface area contributed by atoms with E-state index in [1.165, 1.54) is 24.3 Å². The van der Waals surface area contributed by atoms with Gasteiger partial charge in [0.1, 0.15) is 10.7 Å². The lowest BCUT2D eigenvalue weighted by atomic mass is 10.1. The molecule has 0 bridgehead atoms. The van der Waals surface area contributed by atoms with Gasteiger partial charge in [0.15, 0.2) is 0 Å². The molecule has 0 spiro atoms. The third kappa shape index (κ3) is 8.60. The number of carbonyl (C=O) groups is 2. The molecule has 1 amide bonds. The van der Waals surface area contributed by atoms with E-state index in [2.05, 4.69) is 15.4 Å². The van der Waals surface area contributed by atoms with E-state index in [4.69, 9.17) is 9.90 Å². The lowest BCUT2D eigenvalue weighted by Gasteiger charge is -2.31. The highest BCUT2D eigenvalue weighted by Crippen LogP contribution is 2.30. The smallest absolute Gasteiger partial charge is 0.475 e. The van der Waals surface area contributed by atoms with E-state index in [0.717, 1.165) is 25.6 Å². The first-order valence-electron chi connectivity index (χ1n) is 11.2. The number of nitrogens with one attached hydrogen (secondary N) is 3. The Morgan fingerprint density at radius 1 is 1.14 bits per heavy atom. The number of halogens is 4. The molecule has 1 unspecified atom stereocenters. The van der Waals surface area contributed by atoms with Gasteiger partial charge in [-0.1, -0.05) is 19.1 Å². The lowest BCUT2D eigenvalue weighted by molar-refractivity contribution is -0.192. The number of anilines is 2. The van der Waals surface area contributed by atoms with Crippen LogP contribution in [0.25, 0.3) is 0 Å². The molecule has 1 aliphatic rings. The molecule has 0 saturated carbocycles. The highest BCUT2D eigenvalue weighted by Gasteiger charge is 2.38. The Kier molecular flexibility index (Phi) is 10.3. The number of alkyl halides is 3. The Balaban J connectivity index is 0.000000604. The zero-order valence-corrected chi connectivity index (χ0v) is 20.9. The summed E-state index contributed by atoms with van der Waals surface area (Å²) in [4.78, 5) is 23.1. The zero-order valence-electron chi connectivity index (χ0n) is 20.1. The van der Waals surface area contributed by atoms with Crippen molar-refractivity contribution in [2.75, 3.05) is 35.8 Å². The first kappa shape index (κ1) is 29.8. The van der Waals surface area contributed by atoms with Crippen LogP contribution in [0, 0.1) is 5.82 Å². The topological polar surface area (TPSA) is 128 Å². The molecule has 1 saturated heterocycles. The minimum absolute atomic E-state index is 0.0103. The minimum atomic E-state index is -5.08. The van der Waals surface area contributed by atoms with Crippen LogP contribution in [0.1, 0.15) is 30.6 Å². The molecule has 3 rings (SSSR count). The molecule has 2 aromatic rings. The lowest BCUT2D eigenvalue weighted by Crippen LogP contribution is -2.43. The van der Waals surface area contributed by atoms with E-state index in [1.54, 1.807) is 12.1 Å². The number of amides is 1. The molecule has 0 aromatic heterocycles. The van der Waals surface area contributed by atoms with Crippen LogP contribution in [0.2, 0.25) is 0 Å². The van der Waals surface area contributed by atoms with Crippen molar-refractivity contribution in [3.05, 3.63) is 53.8 Å². The molecule has 4 N–H and O–H groups in total. The largest absolute Gasteiger partial charge is 0.490 e. The fourth-order valence-electron chi connectivity index (χ4n) is 3.21. The van der Waals surface area contributed by atoms with Gasteiger partial charge in [-0.15, -0.1) is 0 Å². The van der Waals surface area contributed by atoms with Crippen molar-refractivity contribution < 1.29 is 40.7 Å². The molecule has 1 heterocycles. The highest BCUT2D eigenvalue weighted by atomic mass is 32.2. The molecular formula is C23H28F4N4O5S. The van der Waals surface area contributed by atoms with Gasteiger partial charge in [0.25, 0.3) is 15.9 Å². The van der Waals surface area contributed by atoms with E-state index in [1.807, 2.05) is 18.7 Å². The first-order valence-corrected chi connectivity index (χ1v) is 12.7. The maximum absolute atomic E-state index is 14.1. The zero-order chi connectivity index (χ0) is 27.8. The Morgan fingerprint density at radius 2 is 1.73 bits per heavy atom. The van der Waals surface area contributed by atoms with Gasteiger partial charge in [-0.25, -0.2) is 17.6 Å². The van der Waals surface area contributed by atoms with Crippen LogP contribution in [0.15, 0.2) is 47.4 Å². The van der Waals surface area contributed by atoms with Crippen LogP contribution in [0.3, 0.4) is 0 Å². The Morgan fingerprint density at radius 3 is 2.27 bits per heavy atom. The number of benzene rings is 2. The third-order valence-electron chi connectivity index (χ3n) is 5.32. The second-order valence-electron chi connectivity index (χ2n) is 8.09. The van der Waals surface area contributed by atoms with Gasteiger partial charge in [-0.05, 0) is 43.7 Å². The second-order valence-corrected chi connectivity index (χ2v) is 9.74. The standard InChI is InChI=1S/C21H27FN4O3S.C2HF3O2/c1-3-15(2)24-21(27)16-8-9-19(26-12-10-23-11-13-26)18(14-16)25-30(28,29)20-7-5-4-6-17(20)22;3-2(4,5)1(6)7/h4-9,14-15,23,25H,3,10-13H2,1-2H3,(H,24,27);(H,6,7). The van der Waals surface area contributed by atoms with Crippen molar-refractivity contribution in [2.45, 2.75) is 37.4 Å². The van der Waals surface area contributed by atoms with E-state index >= 15 is 0 Å². The van der Waals surface area contributed by atoms with Gasteiger partial charge in [-0.2, -0.15) is 13.2 Å². The molecule has 1 fully saturated rings. The molecule has 204 valence electrons. The summed E-state index contributed by atoms with van der Waals surface area (Å²) in [6.07, 6.45) is -4.31. The van der Waals surface area contributed by atoms with E-state index in [-0.39, 0.29) is 17.6 Å². The Bertz CT molecular complexity index is 1200. The summed E-state index contributed by atoms with van der Waals surface area (Å²) in [6, 6.07) is 10.1. The summed E-state index contributed by atoms with van der Waals surface area (Å²) >= 11 is 0. The van der Waals surface area contributed by atoms with E-state index < -0.39 is 32.9 Å². The van der Waals surface area contributed by atoms with Crippen LogP contribution in [0.5, 0.6) is 0 Å². The van der Waals surface area contributed by atoms with Crippen LogP contribution in [0.4, 0.5) is 28.9 Å². The predicted octanol–water partition coefficient (Wildman–Crippen LogP) is 3.20. The van der Waals surface area contributed by atoms with Gasteiger partial charge in [0, 0.05) is 37.8 Å². The second kappa shape index (κ2) is 12.7. The quantitative estimate of drug-likeness (QED) is 0.392. The molecule has 9 nitrogen and oxygen atoms in total. The normalized spacial score (nSPS) is 14.7. The van der Waals surface area contributed by atoms with E-state index in [9.17, 15) is 30.8 Å². The van der Waals surface area contributed by atoms with Crippen LogP contribution in [-0.2, 0) is 14.8 Å². The number of carboxylic acids is 1. The predicted molar refractivity (Wildman–Crippen MR) is 130 cm³/mol. The van der Waals surface area contributed by atoms with Gasteiger partial charge >= 0.3 is 12.1 Å². The van der Waals surface area contributed by atoms with Crippen molar-refractivity contribution in [2.24, 2.45) is 0 Å². The van der Waals surface area contributed by atoms with Crippen LogP contribution >= 0.6 is 0 Å². The molecule has 14 heteroatoms. The summed E-state index contributed by atoms with van der Waals surface area (Å²) in [6.45, 7) is 6.76. The number of carbonyl (C=O) groups excluding carboxylic acids is 1. The SMILES string of the molecule is CCC(C)NC(=O)c1ccc(N2CCNCC2)c(NS(=O)(=O)c2ccccc2F)c1.O=C(O)C(F)(F)F. The van der Waals surface area contributed by atoms with Gasteiger partial charge in [0.05, 0.1) is 11.4 Å². The maximum Gasteiger partial charge on any atom is 0.490 e. The molecule has 37 heavy (non-hydrogen) atoms. The average molecular weight is 549 g/mol. The summed E-state index contributed by atoms with van der Waals surface area (Å²) in [5.74, 6) is -3.88. The maximum atomic E-state index is 14.1. The van der Waals surface area contributed by atoms with Crippen molar-refractivity contribution in [1.29, 1.82) is 0 Å². The molecule has 2 aromatic carbocycles. The fourth-order valence-corrected chi connectivity index (χ4v) is 4.36. The van der Waals surface area contributed by atoms with Crippen molar-refractivity contribution in [3.8, 4) is 0 Å². The fraction of sp³-hybridized carbons (Fsp3) is 0.391. The number of hydrogen-bond acceptors (Lipinski definition) is 6. The number of hydrogen-bond donors (Lipinski definition) is 4. The number of nitrogens with zero attached hydrogens (tertiary/aromatic N) is 1. The molecular weight excluding hydrogens is 520 g/mol. The molecule has 0 aliphatic carbocycles. The van der Waals surface area contributed by atoms with Crippen LogP contribution in [-0.4, -0.2) is 63.8 Å². The third-order valence-corrected chi connectivity index (χ3v) is 6.72. The monoisotopic (exact) mass is 548 g/mol. The Labute approximate surface area is 211 Å². The van der Waals surface area contributed by atoms with Gasteiger partial charge in [-0.3, -0.25) is 9.52 Å². The Hall–Kier alpha value is -3.39. The number of aliphatic carboxylic acids is 1. The summed E-state index contributed by atoms with van der Waals surface area (Å²) in [5.41, 5.74) is 1.23. The van der Waals surface area contributed by atoms with Crippen LogP contribution < -0.4 is 20.3 Å². The summed E-state index contributed by atoms with van der Waals surface area (Å²) in [7, 11) is -4.17. The summed E-state index contributed by atoms with van der Waals surface area (Å²) < 4.78 is 74.1. The number of rotatable bonds is 7. The molecule has 1 aliphatic heterocycles. The van der Waals surface area contributed by atoms with Gasteiger partial charge in [0.2, 0.25) is 0 Å². The van der Waals surface area contributed by atoms with Crippen molar-refractivity contribution in [1.82, 2.24) is 10.6 Å². The first-order chi connectivity index (χ1) is 17.3. The highest BCUT2D eigenvalue weighted by molar-refractivity contribution is 7.92. The van der Waals surface area contributed by atoms with Crippen molar-refractivity contribution >= 4 is 33.3 Å². The van der Waals surface area contributed by atoms with Gasteiger partial charge < -0.3 is 20.6 Å². The average Bonchev–Trinajstić information content (AvgIpc) is 2.84. The number of sulfonamides is 1. The van der Waals surface area contributed by atoms with Crippen molar-refractivity contribution in [3.63, 3.8) is 0 Å². The van der Waals surface area contributed by atoms with E-state index in [0.29, 0.717) is 24.3 Å². The number of carboxylic acid groups (broad SMARTS) is 1. The summed E-state index contributed by atoms with van der Waals surface area (Å²) in [5, 5.41) is 13.3. The minimum Gasteiger partial charge on any atom is -0.475 e. The number of piperazine rings is 1.